The van der Waals surface area contributed by atoms with Crippen LogP contribution in [0.5, 0.6) is 11.5 Å². The van der Waals surface area contributed by atoms with Gasteiger partial charge < -0.3 is 20.5 Å². The Morgan fingerprint density at radius 2 is 1.95 bits per heavy atom. The van der Waals surface area contributed by atoms with Gasteiger partial charge in [0.2, 0.25) is 0 Å². The third-order valence-corrected chi connectivity index (χ3v) is 2.93. The van der Waals surface area contributed by atoms with Crippen LogP contribution < -0.4 is 20.5 Å². The van der Waals surface area contributed by atoms with Gasteiger partial charge in [0.25, 0.3) is 0 Å². The van der Waals surface area contributed by atoms with Crippen molar-refractivity contribution in [1.29, 1.82) is 0 Å². The van der Waals surface area contributed by atoms with Crippen LogP contribution in [0.3, 0.4) is 0 Å². The molecular formula is C13H14N4O2. The predicted molar refractivity (Wildman–Crippen MR) is 71.9 cm³/mol. The Kier molecular flexibility index (Phi) is 2.83. The number of hydrogen-bond acceptors (Lipinski definition) is 6. The molecule has 3 rings (SSSR count). The first-order valence-corrected chi connectivity index (χ1v) is 5.98. The quantitative estimate of drug-likeness (QED) is 0.855. The summed E-state index contributed by atoms with van der Waals surface area (Å²) in [5, 5.41) is 3.20. The van der Waals surface area contributed by atoms with Gasteiger partial charge in [-0.2, -0.15) is 0 Å². The highest BCUT2D eigenvalue weighted by Gasteiger charge is 2.12. The highest BCUT2D eigenvalue weighted by atomic mass is 16.6. The summed E-state index contributed by atoms with van der Waals surface area (Å²) >= 11 is 0. The molecule has 1 aromatic carbocycles. The van der Waals surface area contributed by atoms with Crippen LogP contribution in [0.2, 0.25) is 0 Å². The van der Waals surface area contributed by atoms with Crippen molar-refractivity contribution in [2.45, 2.75) is 6.92 Å². The molecule has 0 saturated heterocycles. The molecule has 0 spiro atoms. The van der Waals surface area contributed by atoms with E-state index in [1.54, 1.807) is 0 Å². The minimum Gasteiger partial charge on any atom is -0.486 e. The van der Waals surface area contributed by atoms with Crippen molar-refractivity contribution in [3.8, 4) is 11.5 Å². The standard InChI is InChI=1S/C13H14N4O2/c1-8-12(14)15-7-16-13(8)17-9-2-3-10-11(6-9)19-5-4-18-10/h2-3,6-7H,4-5H2,1H3,(H3,14,15,16,17). The van der Waals surface area contributed by atoms with Crippen LogP contribution in [0.25, 0.3) is 0 Å². The summed E-state index contributed by atoms with van der Waals surface area (Å²) in [6.45, 7) is 3.02. The lowest BCUT2D eigenvalue weighted by molar-refractivity contribution is 0.171. The molecule has 1 aliphatic rings. The number of nitrogens with zero attached hydrogens (tertiary/aromatic N) is 2. The fourth-order valence-corrected chi connectivity index (χ4v) is 1.85. The maximum Gasteiger partial charge on any atom is 0.163 e. The number of aromatic nitrogens is 2. The zero-order valence-electron chi connectivity index (χ0n) is 10.5. The van der Waals surface area contributed by atoms with E-state index in [2.05, 4.69) is 15.3 Å². The van der Waals surface area contributed by atoms with Crippen molar-refractivity contribution in [2.24, 2.45) is 0 Å². The molecule has 0 aliphatic carbocycles. The van der Waals surface area contributed by atoms with E-state index < -0.39 is 0 Å². The Morgan fingerprint density at radius 1 is 1.16 bits per heavy atom. The van der Waals surface area contributed by atoms with E-state index in [1.807, 2.05) is 25.1 Å². The van der Waals surface area contributed by atoms with Gasteiger partial charge in [0.15, 0.2) is 11.5 Å². The summed E-state index contributed by atoms with van der Waals surface area (Å²) in [5.41, 5.74) is 7.43. The fourth-order valence-electron chi connectivity index (χ4n) is 1.85. The maximum atomic E-state index is 5.75. The zero-order chi connectivity index (χ0) is 13.2. The smallest absolute Gasteiger partial charge is 0.163 e. The predicted octanol–water partition coefficient (Wildman–Crippen LogP) is 1.88. The molecule has 3 N–H and O–H groups in total. The number of fused-ring (bicyclic) bond motifs is 1. The van der Waals surface area contributed by atoms with E-state index in [1.165, 1.54) is 6.33 Å². The summed E-state index contributed by atoms with van der Waals surface area (Å²) in [6, 6.07) is 5.66. The molecule has 0 bridgehead atoms. The summed E-state index contributed by atoms with van der Waals surface area (Å²) < 4.78 is 11.0. The van der Waals surface area contributed by atoms with Crippen LogP contribution in [0.1, 0.15) is 5.56 Å². The molecule has 98 valence electrons. The Labute approximate surface area is 110 Å². The van der Waals surface area contributed by atoms with Crippen molar-refractivity contribution in [3.63, 3.8) is 0 Å². The SMILES string of the molecule is Cc1c(N)ncnc1Nc1ccc2c(c1)OCCO2. The highest BCUT2D eigenvalue weighted by molar-refractivity contribution is 5.65. The molecule has 1 aliphatic heterocycles. The first-order valence-electron chi connectivity index (χ1n) is 5.98. The van der Waals surface area contributed by atoms with Gasteiger partial charge >= 0.3 is 0 Å². The van der Waals surface area contributed by atoms with Crippen LogP contribution in [0, 0.1) is 6.92 Å². The number of nitrogens with one attached hydrogen (secondary N) is 1. The van der Waals surface area contributed by atoms with Gasteiger partial charge in [-0.05, 0) is 19.1 Å². The third-order valence-electron chi connectivity index (χ3n) is 2.93. The van der Waals surface area contributed by atoms with Crippen LogP contribution in [-0.4, -0.2) is 23.2 Å². The minimum atomic E-state index is 0.468. The normalized spacial score (nSPS) is 13.1. The average Bonchev–Trinajstić information content (AvgIpc) is 2.44. The molecule has 0 fully saturated rings. The van der Waals surface area contributed by atoms with Crippen molar-refractivity contribution >= 4 is 17.3 Å². The number of nitrogen functional groups attached to an aromatic ring is 1. The molecule has 6 heteroatoms. The molecule has 0 unspecified atom stereocenters. The van der Waals surface area contributed by atoms with Crippen LogP contribution >= 0.6 is 0 Å². The first-order chi connectivity index (χ1) is 9.24. The van der Waals surface area contributed by atoms with Gasteiger partial charge in [-0.1, -0.05) is 0 Å². The third kappa shape index (κ3) is 2.24. The second kappa shape index (κ2) is 4.64. The Balaban J connectivity index is 1.89. The fraction of sp³-hybridized carbons (Fsp3) is 0.231. The second-order valence-corrected chi connectivity index (χ2v) is 4.22. The summed E-state index contributed by atoms with van der Waals surface area (Å²) in [6.07, 6.45) is 1.43. The monoisotopic (exact) mass is 258 g/mol. The lowest BCUT2D eigenvalue weighted by atomic mass is 10.2. The van der Waals surface area contributed by atoms with E-state index in [9.17, 15) is 0 Å². The van der Waals surface area contributed by atoms with E-state index >= 15 is 0 Å². The van der Waals surface area contributed by atoms with Gasteiger partial charge in [-0.3, -0.25) is 0 Å². The Hall–Kier alpha value is -2.50. The summed E-state index contributed by atoms with van der Waals surface area (Å²) in [5.74, 6) is 2.64. The highest BCUT2D eigenvalue weighted by Crippen LogP contribution is 2.33. The lowest BCUT2D eigenvalue weighted by Crippen LogP contribution is -2.15. The number of ether oxygens (including phenoxy) is 2. The molecule has 1 aromatic heterocycles. The average molecular weight is 258 g/mol. The number of rotatable bonds is 2. The van der Waals surface area contributed by atoms with Gasteiger partial charge in [-0.25, -0.2) is 9.97 Å². The van der Waals surface area contributed by atoms with Crippen molar-refractivity contribution < 1.29 is 9.47 Å². The zero-order valence-corrected chi connectivity index (χ0v) is 10.5. The molecule has 2 aromatic rings. The number of benzene rings is 1. The molecular weight excluding hydrogens is 244 g/mol. The maximum absolute atomic E-state index is 5.75. The van der Waals surface area contributed by atoms with Crippen LogP contribution in [0.4, 0.5) is 17.3 Å². The van der Waals surface area contributed by atoms with Gasteiger partial charge in [0.05, 0.1) is 0 Å². The molecule has 0 amide bonds. The molecule has 2 heterocycles. The second-order valence-electron chi connectivity index (χ2n) is 4.22. The number of nitrogens with two attached hydrogens (primary N) is 1. The largest absolute Gasteiger partial charge is 0.486 e. The van der Waals surface area contributed by atoms with Crippen molar-refractivity contribution in [1.82, 2.24) is 9.97 Å². The molecule has 0 atom stereocenters. The van der Waals surface area contributed by atoms with E-state index in [-0.39, 0.29) is 0 Å². The molecule has 6 nitrogen and oxygen atoms in total. The topological polar surface area (TPSA) is 82.3 Å². The Bertz CT molecular complexity index is 616. The Morgan fingerprint density at radius 3 is 2.79 bits per heavy atom. The van der Waals surface area contributed by atoms with Crippen LogP contribution in [0.15, 0.2) is 24.5 Å². The lowest BCUT2D eigenvalue weighted by Gasteiger charge is -2.19. The minimum absolute atomic E-state index is 0.468. The first kappa shape index (κ1) is 11.6. The molecule has 0 saturated carbocycles. The number of hydrogen-bond donors (Lipinski definition) is 2. The van der Waals surface area contributed by atoms with Crippen molar-refractivity contribution in [2.75, 3.05) is 24.3 Å². The molecule has 19 heavy (non-hydrogen) atoms. The summed E-state index contributed by atoms with van der Waals surface area (Å²) in [7, 11) is 0. The van der Waals surface area contributed by atoms with E-state index in [4.69, 9.17) is 15.2 Å². The van der Waals surface area contributed by atoms with Crippen molar-refractivity contribution in [3.05, 3.63) is 30.1 Å². The van der Waals surface area contributed by atoms with E-state index in [0.29, 0.717) is 24.8 Å². The van der Waals surface area contributed by atoms with E-state index in [0.717, 1.165) is 22.7 Å². The van der Waals surface area contributed by atoms with Gasteiger partial charge in [0, 0.05) is 17.3 Å². The van der Waals surface area contributed by atoms with Gasteiger partial charge in [-0.15, -0.1) is 0 Å². The summed E-state index contributed by atoms with van der Waals surface area (Å²) in [4.78, 5) is 8.11. The van der Waals surface area contributed by atoms with Crippen LogP contribution in [-0.2, 0) is 0 Å². The molecule has 0 radical (unpaired) electrons. The number of anilines is 3. The van der Waals surface area contributed by atoms with Gasteiger partial charge in [0.1, 0.15) is 31.2 Å².